The summed E-state index contributed by atoms with van der Waals surface area (Å²) in [4.78, 5) is 12.5. The molecule has 2 aromatic carbocycles. The Kier molecular flexibility index (Phi) is 6.49. The maximum absolute atomic E-state index is 13.7. The van der Waals surface area contributed by atoms with Crippen LogP contribution in [0.3, 0.4) is 0 Å². The summed E-state index contributed by atoms with van der Waals surface area (Å²) in [5.41, 5.74) is -0.917. The van der Waals surface area contributed by atoms with E-state index in [0.717, 1.165) is 6.07 Å². The molecular formula is C21H22F4O3. The number of carbonyl (C=O) groups is 1. The highest BCUT2D eigenvalue weighted by Gasteiger charge is 2.50. The number of methoxy groups -OCH3 is 1. The standard InChI is InChI=1S/C21H22F4O3/c1-20(2,15-11-14(22)9-10-17(15)28-3)12-16(26)18(21(23,24)25)19(27)13-7-5-4-6-8-13/h4-11,16,18,26H,12H2,1-3H3. The first-order chi connectivity index (χ1) is 13.0. The Balaban J connectivity index is 2.37. The molecule has 0 fully saturated rings. The highest BCUT2D eigenvalue weighted by Crippen LogP contribution is 2.40. The molecule has 0 amide bonds. The van der Waals surface area contributed by atoms with Gasteiger partial charge in [0, 0.05) is 11.1 Å². The van der Waals surface area contributed by atoms with Crippen molar-refractivity contribution in [2.24, 2.45) is 5.92 Å². The van der Waals surface area contributed by atoms with Crippen LogP contribution in [0.1, 0.15) is 36.2 Å². The van der Waals surface area contributed by atoms with Crippen LogP contribution in [0.2, 0.25) is 0 Å². The van der Waals surface area contributed by atoms with Gasteiger partial charge in [-0.05, 0) is 30.0 Å². The van der Waals surface area contributed by atoms with Crippen LogP contribution in [-0.4, -0.2) is 30.3 Å². The summed E-state index contributed by atoms with van der Waals surface area (Å²) in [6.07, 6.45) is -7.38. The summed E-state index contributed by atoms with van der Waals surface area (Å²) in [5, 5.41) is 10.4. The van der Waals surface area contributed by atoms with Crippen LogP contribution >= 0.6 is 0 Å². The molecule has 0 bridgehead atoms. The van der Waals surface area contributed by atoms with Gasteiger partial charge in [0.2, 0.25) is 0 Å². The van der Waals surface area contributed by atoms with E-state index >= 15 is 0 Å². The molecule has 2 atom stereocenters. The number of alkyl halides is 3. The maximum atomic E-state index is 13.7. The van der Waals surface area contributed by atoms with Crippen LogP contribution in [0.4, 0.5) is 17.6 Å². The fraction of sp³-hybridized carbons (Fsp3) is 0.381. The zero-order chi connectivity index (χ0) is 21.1. The summed E-state index contributed by atoms with van der Waals surface area (Å²) in [6, 6.07) is 10.7. The molecule has 0 aromatic heterocycles. The third kappa shape index (κ3) is 4.90. The SMILES string of the molecule is COc1ccc(F)cc1C(C)(C)CC(O)C(C(=O)c1ccccc1)C(F)(F)F. The Morgan fingerprint density at radius 1 is 1.11 bits per heavy atom. The number of hydrogen-bond acceptors (Lipinski definition) is 3. The molecule has 0 saturated carbocycles. The normalized spacial score (nSPS) is 14.4. The fourth-order valence-electron chi connectivity index (χ4n) is 3.28. The smallest absolute Gasteiger partial charge is 0.401 e. The van der Waals surface area contributed by atoms with Crippen molar-refractivity contribution in [2.45, 2.75) is 38.0 Å². The number of aliphatic hydroxyl groups is 1. The lowest BCUT2D eigenvalue weighted by Crippen LogP contribution is -2.43. The van der Waals surface area contributed by atoms with Gasteiger partial charge in [0.05, 0.1) is 13.2 Å². The second-order valence-electron chi connectivity index (χ2n) is 7.25. The molecule has 0 spiro atoms. The Hall–Kier alpha value is -2.41. The van der Waals surface area contributed by atoms with Crippen LogP contribution in [0.5, 0.6) is 5.75 Å². The summed E-state index contributed by atoms with van der Waals surface area (Å²) < 4.78 is 59.8. The average Bonchev–Trinajstić information content (AvgIpc) is 2.60. The van der Waals surface area contributed by atoms with Gasteiger partial charge in [-0.2, -0.15) is 13.2 Å². The maximum Gasteiger partial charge on any atom is 0.401 e. The van der Waals surface area contributed by atoms with Gasteiger partial charge < -0.3 is 9.84 Å². The van der Waals surface area contributed by atoms with Crippen molar-refractivity contribution in [2.75, 3.05) is 7.11 Å². The predicted octanol–water partition coefficient (Wildman–Crippen LogP) is 4.92. The predicted molar refractivity (Wildman–Crippen MR) is 96.9 cm³/mol. The Morgan fingerprint density at radius 3 is 2.25 bits per heavy atom. The summed E-state index contributed by atoms with van der Waals surface area (Å²) in [7, 11) is 1.36. The number of ketones is 1. The number of ether oxygens (including phenoxy) is 1. The quantitative estimate of drug-likeness (QED) is 0.532. The molecule has 0 aliphatic heterocycles. The van der Waals surface area contributed by atoms with Crippen LogP contribution in [0, 0.1) is 11.7 Å². The van der Waals surface area contributed by atoms with Crippen LogP contribution in [0.25, 0.3) is 0 Å². The van der Waals surface area contributed by atoms with Gasteiger partial charge in [0.25, 0.3) is 0 Å². The van der Waals surface area contributed by atoms with Crippen molar-refractivity contribution in [1.29, 1.82) is 0 Å². The molecule has 0 radical (unpaired) electrons. The lowest BCUT2D eigenvalue weighted by atomic mass is 9.75. The minimum absolute atomic E-state index is 0.134. The molecular weight excluding hydrogens is 376 g/mol. The zero-order valence-electron chi connectivity index (χ0n) is 15.8. The van der Waals surface area contributed by atoms with E-state index in [9.17, 15) is 27.5 Å². The summed E-state index contributed by atoms with van der Waals surface area (Å²) in [6.45, 7) is 3.13. The number of carbonyl (C=O) groups excluding carboxylic acids is 1. The number of rotatable bonds is 7. The second-order valence-corrected chi connectivity index (χ2v) is 7.25. The van der Waals surface area contributed by atoms with Gasteiger partial charge in [-0.15, -0.1) is 0 Å². The largest absolute Gasteiger partial charge is 0.496 e. The van der Waals surface area contributed by atoms with E-state index in [4.69, 9.17) is 4.74 Å². The van der Waals surface area contributed by atoms with Crippen molar-refractivity contribution < 1.29 is 32.2 Å². The number of halogens is 4. The first-order valence-corrected chi connectivity index (χ1v) is 8.65. The van der Waals surface area contributed by atoms with Crippen molar-refractivity contribution >= 4 is 5.78 Å². The Bertz CT molecular complexity index is 816. The van der Waals surface area contributed by atoms with Gasteiger partial charge in [-0.3, -0.25) is 4.79 Å². The van der Waals surface area contributed by atoms with Gasteiger partial charge in [0.15, 0.2) is 5.78 Å². The molecule has 152 valence electrons. The molecule has 1 N–H and O–H groups in total. The van der Waals surface area contributed by atoms with E-state index in [1.807, 2.05) is 0 Å². The average molecular weight is 398 g/mol. The first kappa shape index (κ1) is 21.9. The van der Waals surface area contributed by atoms with Crippen molar-refractivity contribution in [3.8, 4) is 5.75 Å². The molecule has 28 heavy (non-hydrogen) atoms. The van der Waals surface area contributed by atoms with Crippen LogP contribution < -0.4 is 4.74 Å². The lowest BCUT2D eigenvalue weighted by molar-refractivity contribution is -0.185. The first-order valence-electron chi connectivity index (χ1n) is 8.65. The van der Waals surface area contributed by atoms with Crippen LogP contribution in [-0.2, 0) is 5.41 Å². The monoisotopic (exact) mass is 398 g/mol. The zero-order valence-corrected chi connectivity index (χ0v) is 15.8. The topological polar surface area (TPSA) is 46.5 Å². The van der Waals surface area contributed by atoms with Gasteiger partial charge >= 0.3 is 6.18 Å². The highest BCUT2D eigenvalue weighted by molar-refractivity contribution is 5.98. The van der Waals surface area contributed by atoms with Crippen molar-refractivity contribution in [1.82, 2.24) is 0 Å². The molecule has 2 unspecified atom stereocenters. The van der Waals surface area contributed by atoms with Gasteiger partial charge in [-0.25, -0.2) is 4.39 Å². The number of aliphatic hydroxyl groups excluding tert-OH is 1. The number of Topliss-reactive ketones (excluding diaryl/α,β-unsaturated/α-hetero) is 1. The molecule has 0 aliphatic rings. The third-order valence-corrected chi connectivity index (χ3v) is 4.69. The van der Waals surface area contributed by atoms with E-state index < -0.39 is 41.6 Å². The van der Waals surface area contributed by atoms with Gasteiger partial charge in [0.1, 0.15) is 17.5 Å². The molecule has 0 saturated heterocycles. The summed E-state index contributed by atoms with van der Waals surface area (Å²) in [5.74, 6) is -4.08. The minimum Gasteiger partial charge on any atom is -0.496 e. The molecule has 2 rings (SSSR count). The fourth-order valence-corrected chi connectivity index (χ4v) is 3.28. The number of hydrogen-bond donors (Lipinski definition) is 1. The van der Waals surface area contributed by atoms with E-state index in [2.05, 4.69) is 0 Å². The van der Waals surface area contributed by atoms with E-state index in [1.165, 1.54) is 43.5 Å². The summed E-state index contributed by atoms with van der Waals surface area (Å²) >= 11 is 0. The Morgan fingerprint density at radius 2 is 1.71 bits per heavy atom. The molecule has 0 aliphatic carbocycles. The molecule has 0 heterocycles. The molecule has 7 heteroatoms. The minimum atomic E-state index is -4.94. The Labute approximate surface area is 161 Å². The second kappa shape index (κ2) is 8.31. The van der Waals surface area contributed by atoms with Crippen molar-refractivity contribution in [3.05, 3.63) is 65.5 Å². The third-order valence-electron chi connectivity index (χ3n) is 4.69. The highest BCUT2D eigenvalue weighted by atomic mass is 19.4. The van der Waals surface area contributed by atoms with E-state index in [-0.39, 0.29) is 11.3 Å². The van der Waals surface area contributed by atoms with E-state index in [1.54, 1.807) is 19.9 Å². The number of benzene rings is 2. The molecule has 2 aromatic rings. The van der Waals surface area contributed by atoms with Crippen molar-refractivity contribution in [3.63, 3.8) is 0 Å². The van der Waals surface area contributed by atoms with Gasteiger partial charge in [-0.1, -0.05) is 44.2 Å². The molecule has 3 nitrogen and oxygen atoms in total. The van der Waals surface area contributed by atoms with Crippen LogP contribution in [0.15, 0.2) is 48.5 Å². The van der Waals surface area contributed by atoms with E-state index in [0.29, 0.717) is 5.56 Å². The lowest BCUT2D eigenvalue weighted by Gasteiger charge is -2.33.